The van der Waals surface area contributed by atoms with Gasteiger partial charge in [0, 0.05) is 33.5 Å². The average molecular weight is 417 g/mol. The van der Waals surface area contributed by atoms with Gasteiger partial charge in [-0.25, -0.2) is 0 Å². The van der Waals surface area contributed by atoms with E-state index in [9.17, 15) is 0 Å². The summed E-state index contributed by atoms with van der Waals surface area (Å²) in [6, 6.07) is 9.07. The van der Waals surface area contributed by atoms with Crippen LogP contribution in [-0.2, 0) is 6.61 Å². The van der Waals surface area contributed by atoms with Crippen molar-refractivity contribution < 1.29 is 9.47 Å². The van der Waals surface area contributed by atoms with Crippen LogP contribution in [0.25, 0.3) is 0 Å². The molecule has 0 atom stereocenters. The minimum absolute atomic E-state index is 0.269. The molecule has 3 nitrogen and oxygen atoms in total. The van der Waals surface area contributed by atoms with Crippen LogP contribution >= 0.6 is 46.6 Å². The molecule has 0 saturated heterocycles. The molecule has 0 bridgehead atoms. The number of hydrogen-bond donors (Lipinski definition) is 0. The van der Waals surface area contributed by atoms with Crippen molar-refractivity contribution in [3.8, 4) is 11.5 Å². The van der Waals surface area contributed by atoms with E-state index in [0.717, 1.165) is 28.5 Å². The van der Waals surface area contributed by atoms with E-state index in [1.807, 2.05) is 25.1 Å². The van der Waals surface area contributed by atoms with Crippen molar-refractivity contribution in [1.82, 2.24) is 0 Å². The molecular formula is C18H16Cl3NO2S. The first-order chi connectivity index (χ1) is 12.1. The minimum atomic E-state index is 0.269. The number of ether oxygens (including phenoxy) is 2. The maximum Gasteiger partial charge on any atom is 0.180 e. The molecule has 1 heterocycles. The Morgan fingerprint density at radius 2 is 1.92 bits per heavy atom. The first kappa shape index (κ1) is 18.7. The highest BCUT2D eigenvalue weighted by Crippen LogP contribution is 2.39. The fraction of sp³-hybridized carbons (Fsp3) is 0.278. The molecule has 0 spiro atoms. The molecule has 0 amide bonds. The first-order valence-electron chi connectivity index (χ1n) is 7.79. The maximum absolute atomic E-state index is 6.46. The minimum Gasteiger partial charge on any atom is -0.490 e. The topological polar surface area (TPSA) is 30.8 Å². The standard InChI is InChI=1S/C18H16Cl3NO2S/c1-2-23-16-8-12(18-22-5-6-25-18)7-15(21)17(16)24-10-11-3-4-13(19)9-14(11)20/h3-4,7-9H,2,5-6,10H2,1H3. The number of benzene rings is 2. The lowest BCUT2D eigenvalue weighted by Crippen LogP contribution is -2.03. The summed E-state index contributed by atoms with van der Waals surface area (Å²) < 4.78 is 11.6. The van der Waals surface area contributed by atoms with Gasteiger partial charge < -0.3 is 9.47 Å². The van der Waals surface area contributed by atoms with Gasteiger partial charge in [-0.3, -0.25) is 4.99 Å². The van der Waals surface area contributed by atoms with Crippen molar-refractivity contribution >= 4 is 51.6 Å². The molecule has 25 heavy (non-hydrogen) atoms. The summed E-state index contributed by atoms with van der Waals surface area (Å²) in [6.07, 6.45) is 0. The van der Waals surface area contributed by atoms with Crippen molar-refractivity contribution in [2.75, 3.05) is 18.9 Å². The Hall–Kier alpha value is -1.07. The van der Waals surface area contributed by atoms with Crippen LogP contribution in [0.4, 0.5) is 0 Å². The number of hydrogen-bond acceptors (Lipinski definition) is 4. The molecule has 0 aromatic heterocycles. The Labute approximate surface area is 166 Å². The van der Waals surface area contributed by atoms with Gasteiger partial charge in [0.05, 0.1) is 16.7 Å². The van der Waals surface area contributed by atoms with Crippen LogP contribution in [0.2, 0.25) is 15.1 Å². The van der Waals surface area contributed by atoms with E-state index in [1.54, 1.807) is 23.9 Å². The van der Waals surface area contributed by atoms with Crippen molar-refractivity contribution in [2.45, 2.75) is 13.5 Å². The lowest BCUT2D eigenvalue weighted by atomic mass is 10.2. The van der Waals surface area contributed by atoms with E-state index >= 15 is 0 Å². The zero-order valence-corrected chi connectivity index (χ0v) is 16.6. The predicted molar refractivity (Wildman–Crippen MR) is 107 cm³/mol. The molecule has 2 aromatic rings. The Morgan fingerprint density at radius 3 is 2.60 bits per heavy atom. The molecule has 0 saturated carbocycles. The van der Waals surface area contributed by atoms with Gasteiger partial charge in [-0.1, -0.05) is 40.9 Å². The third-order valence-corrected chi connectivity index (χ3v) is 5.42. The van der Waals surface area contributed by atoms with Crippen molar-refractivity contribution in [1.29, 1.82) is 0 Å². The smallest absolute Gasteiger partial charge is 0.180 e. The number of halogens is 3. The molecule has 7 heteroatoms. The number of thioether (sulfide) groups is 1. The zero-order chi connectivity index (χ0) is 17.8. The van der Waals surface area contributed by atoms with Gasteiger partial charge >= 0.3 is 0 Å². The summed E-state index contributed by atoms with van der Waals surface area (Å²) in [6.45, 7) is 3.53. The highest BCUT2D eigenvalue weighted by Gasteiger charge is 2.18. The second-order valence-corrected chi connectivity index (χ2v) is 7.61. The molecule has 3 rings (SSSR count). The highest BCUT2D eigenvalue weighted by atomic mass is 35.5. The van der Waals surface area contributed by atoms with Crippen LogP contribution in [-0.4, -0.2) is 23.9 Å². The van der Waals surface area contributed by atoms with Gasteiger partial charge in [-0.05, 0) is 31.2 Å². The number of nitrogens with zero attached hydrogens (tertiary/aromatic N) is 1. The molecule has 0 fully saturated rings. The molecule has 2 aromatic carbocycles. The first-order valence-corrected chi connectivity index (χ1v) is 9.91. The van der Waals surface area contributed by atoms with Gasteiger partial charge in [-0.15, -0.1) is 11.8 Å². The summed E-state index contributed by atoms with van der Waals surface area (Å²) in [5.74, 6) is 2.09. The molecule has 1 aliphatic rings. The molecule has 1 aliphatic heterocycles. The van der Waals surface area contributed by atoms with E-state index in [1.165, 1.54) is 0 Å². The summed E-state index contributed by atoms with van der Waals surface area (Å²) in [5.41, 5.74) is 1.78. The Kier molecular flexibility index (Phi) is 6.39. The molecular weight excluding hydrogens is 401 g/mol. The lowest BCUT2D eigenvalue weighted by molar-refractivity contribution is 0.269. The second-order valence-electron chi connectivity index (χ2n) is 5.28. The van der Waals surface area contributed by atoms with E-state index < -0.39 is 0 Å². The van der Waals surface area contributed by atoms with Gasteiger partial charge in [0.1, 0.15) is 6.61 Å². The van der Waals surface area contributed by atoms with Crippen LogP contribution < -0.4 is 9.47 Å². The lowest BCUT2D eigenvalue weighted by Gasteiger charge is -2.16. The third-order valence-electron chi connectivity index (χ3n) is 3.53. The van der Waals surface area contributed by atoms with Crippen molar-refractivity contribution in [3.05, 3.63) is 56.5 Å². The monoisotopic (exact) mass is 415 g/mol. The van der Waals surface area contributed by atoms with Crippen LogP contribution in [0.3, 0.4) is 0 Å². The molecule has 0 N–H and O–H groups in total. The zero-order valence-electron chi connectivity index (χ0n) is 13.5. The highest BCUT2D eigenvalue weighted by molar-refractivity contribution is 8.14. The molecule has 132 valence electrons. The largest absolute Gasteiger partial charge is 0.490 e. The van der Waals surface area contributed by atoms with Gasteiger partial charge in [0.25, 0.3) is 0 Å². The summed E-state index contributed by atoms with van der Waals surface area (Å²) in [7, 11) is 0. The van der Waals surface area contributed by atoms with Crippen LogP contribution in [0, 0.1) is 0 Å². The molecule has 0 unspecified atom stereocenters. The van der Waals surface area contributed by atoms with E-state index in [2.05, 4.69) is 4.99 Å². The van der Waals surface area contributed by atoms with Crippen molar-refractivity contribution in [2.24, 2.45) is 4.99 Å². The number of aliphatic imine (C=N–C) groups is 1. The predicted octanol–water partition coefficient (Wildman–Crippen LogP) is 6.12. The van der Waals surface area contributed by atoms with E-state index in [4.69, 9.17) is 44.3 Å². The SMILES string of the molecule is CCOc1cc(C2=NCCS2)cc(Cl)c1OCc1ccc(Cl)cc1Cl. The second kappa shape index (κ2) is 8.54. The van der Waals surface area contributed by atoms with Crippen LogP contribution in [0.15, 0.2) is 35.3 Å². The Balaban J connectivity index is 1.86. The van der Waals surface area contributed by atoms with Crippen LogP contribution in [0.1, 0.15) is 18.1 Å². The fourth-order valence-electron chi connectivity index (χ4n) is 2.39. The summed E-state index contributed by atoms with van der Waals surface area (Å²) >= 11 is 20.3. The normalized spacial score (nSPS) is 13.7. The Morgan fingerprint density at radius 1 is 1.08 bits per heavy atom. The summed E-state index contributed by atoms with van der Waals surface area (Å²) in [5, 5.41) is 2.60. The quantitative estimate of drug-likeness (QED) is 0.568. The Bertz CT molecular complexity index is 811. The third kappa shape index (κ3) is 4.56. The van der Waals surface area contributed by atoms with E-state index in [0.29, 0.717) is 33.2 Å². The summed E-state index contributed by atoms with van der Waals surface area (Å²) in [4.78, 5) is 4.49. The number of rotatable bonds is 6. The molecule has 0 radical (unpaired) electrons. The van der Waals surface area contributed by atoms with E-state index in [-0.39, 0.29) is 6.61 Å². The maximum atomic E-state index is 6.46. The van der Waals surface area contributed by atoms with Gasteiger partial charge in [0.15, 0.2) is 11.5 Å². The van der Waals surface area contributed by atoms with Gasteiger partial charge in [0.2, 0.25) is 0 Å². The fourth-order valence-corrected chi connectivity index (χ4v) is 3.96. The van der Waals surface area contributed by atoms with Crippen LogP contribution in [0.5, 0.6) is 11.5 Å². The van der Waals surface area contributed by atoms with Crippen molar-refractivity contribution in [3.63, 3.8) is 0 Å². The van der Waals surface area contributed by atoms with Gasteiger partial charge in [-0.2, -0.15) is 0 Å². The average Bonchev–Trinajstić information content (AvgIpc) is 3.10. The molecule has 0 aliphatic carbocycles.